The van der Waals surface area contributed by atoms with Gasteiger partial charge in [-0.25, -0.2) is 0 Å². The maximum Gasteiger partial charge on any atom is 0.253 e. The van der Waals surface area contributed by atoms with Crippen molar-refractivity contribution < 1.29 is 4.79 Å². The molecule has 0 saturated carbocycles. The van der Waals surface area contributed by atoms with E-state index in [1.807, 2.05) is 29.2 Å². The molecule has 3 nitrogen and oxygen atoms in total. The summed E-state index contributed by atoms with van der Waals surface area (Å²) in [6, 6.07) is 8.39. The molecule has 2 aliphatic heterocycles. The highest BCUT2D eigenvalue weighted by Crippen LogP contribution is 2.22. The van der Waals surface area contributed by atoms with Gasteiger partial charge in [0.25, 0.3) is 5.91 Å². The Morgan fingerprint density at radius 3 is 2.38 bits per heavy atom. The quantitative estimate of drug-likeness (QED) is 0.808. The first-order chi connectivity index (χ1) is 9.74. The molecule has 4 heteroatoms. The van der Waals surface area contributed by atoms with E-state index in [4.69, 9.17) is 0 Å². The smallest absolute Gasteiger partial charge is 0.253 e. The zero-order valence-electron chi connectivity index (χ0n) is 11.7. The number of likely N-dealkylation sites (tertiary alicyclic amines) is 2. The molecule has 0 radical (unpaired) electrons. The molecule has 0 N–H and O–H groups in total. The number of carbonyl (C=O) groups excluding carboxylic acids is 1. The molecule has 1 aromatic carbocycles. The van der Waals surface area contributed by atoms with Gasteiger partial charge in [-0.2, -0.15) is 0 Å². The molecule has 21 heavy (non-hydrogen) atoms. The molecule has 2 saturated heterocycles. The molecular weight excluding hydrogens is 328 g/mol. The molecule has 2 aliphatic rings. The van der Waals surface area contributed by atoms with Gasteiger partial charge >= 0.3 is 0 Å². The molecule has 0 aromatic heterocycles. The Bertz CT molecular complexity index is 477. The van der Waals surface area contributed by atoms with Gasteiger partial charge in [0, 0.05) is 29.2 Å². The second-order valence-electron chi connectivity index (χ2n) is 5.78. The number of hydrogen-bond donors (Lipinski definition) is 0. The van der Waals surface area contributed by atoms with Crippen molar-refractivity contribution >= 4 is 21.8 Å². The van der Waals surface area contributed by atoms with Gasteiger partial charge in [0.05, 0.1) is 0 Å². The summed E-state index contributed by atoms with van der Waals surface area (Å²) in [7, 11) is 0. The van der Waals surface area contributed by atoms with E-state index in [0.29, 0.717) is 6.04 Å². The molecule has 2 fully saturated rings. The van der Waals surface area contributed by atoms with E-state index < -0.39 is 0 Å². The predicted octanol–water partition coefficient (Wildman–Crippen LogP) is 3.79. The Balaban J connectivity index is 0.00000161. The van der Waals surface area contributed by atoms with Crippen LogP contribution in [0.3, 0.4) is 0 Å². The highest BCUT2D eigenvalue weighted by molar-refractivity contribution is 9.10. The van der Waals surface area contributed by atoms with Crippen molar-refractivity contribution in [3.05, 3.63) is 34.3 Å². The van der Waals surface area contributed by atoms with Crippen molar-refractivity contribution in [2.75, 3.05) is 26.2 Å². The summed E-state index contributed by atoms with van der Waals surface area (Å²) in [5, 5.41) is 0. The Labute approximate surface area is 136 Å². The topological polar surface area (TPSA) is 23.6 Å². The third kappa shape index (κ3) is 3.86. The molecular formula is C17H25BrN2O. The second kappa shape index (κ2) is 7.41. The number of carbonyl (C=O) groups is 1. The molecule has 0 bridgehead atoms. The van der Waals surface area contributed by atoms with Crippen LogP contribution in [0.5, 0.6) is 0 Å². The maximum absolute atomic E-state index is 12.5. The van der Waals surface area contributed by atoms with Gasteiger partial charge < -0.3 is 9.80 Å². The zero-order valence-corrected chi connectivity index (χ0v) is 13.3. The highest BCUT2D eigenvalue weighted by Gasteiger charge is 2.28. The van der Waals surface area contributed by atoms with E-state index in [0.717, 1.165) is 36.0 Å². The summed E-state index contributed by atoms with van der Waals surface area (Å²) in [5.74, 6) is 0.172. The first kappa shape index (κ1) is 16.5. The fraction of sp³-hybridized carbons (Fsp3) is 0.588. The van der Waals surface area contributed by atoms with Gasteiger partial charge in [-0.1, -0.05) is 29.4 Å². The van der Waals surface area contributed by atoms with Crippen molar-refractivity contribution in [3.8, 4) is 0 Å². The van der Waals surface area contributed by atoms with Crippen LogP contribution in [-0.2, 0) is 0 Å². The van der Waals surface area contributed by atoms with Crippen molar-refractivity contribution in [2.45, 2.75) is 39.2 Å². The second-order valence-corrected chi connectivity index (χ2v) is 6.69. The van der Waals surface area contributed by atoms with Crippen molar-refractivity contribution in [3.63, 3.8) is 0 Å². The lowest BCUT2D eigenvalue weighted by atomic mass is 10.0. The van der Waals surface area contributed by atoms with Crippen molar-refractivity contribution in [1.29, 1.82) is 0 Å². The fourth-order valence-corrected chi connectivity index (χ4v) is 3.74. The van der Waals surface area contributed by atoms with Crippen LogP contribution >= 0.6 is 15.9 Å². The zero-order chi connectivity index (χ0) is 13.9. The van der Waals surface area contributed by atoms with Gasteiger partial charge in [-0.15, -0.1) is 0 Å². The maximum atomic E-state index is 12.5. The third-order valence-corrected chi connectivity index (χ3v) is 4.97. The van der Waals surface area contributed by atoms with E-state index in [2.05, 4.69) is 20.8 Å². The minimum absolute atomic E-state index is 0. The fourth-order valence-electron chi connectivity index (χ4n) is 3.34. The van der Waals surface area contributed by atoms with Gasteiger partial charge in [-0.3, -0.25) is 4.79 Å². The summed E-state index contributed by atoms with van der Waals surface area (Å²) < 4.78 is 0.968. The van der Waals surface area contributed by atoms with Gasteiger partial charge in [0.2, 0.25) is 0 Å². The average Bonchev–Trinajstić information content (AvgIpc) is 3.01. The standard InChI is InChI=1S/C16H21BrN2O.CH4/c17-14-5-3-4-13(12-14)16(20)19-10-6-15(7-11-19)18-8-1-2-9-18;/h3-5,12,15H,1-2,6-11H2;1H4. The van der Waals surface area contributed by atoms with Crippen LogP contribution in [0.2, 0.25) is 0 Å². The summed E-state index contributed by atoms with van der Waals surface area (Å²) in [4.78, 5) is 17.1. The molecule has 1 aromatic rings. The van der Waals surface area contributed by atoms with Crippen LogP contribution in [-0.4, -0.2) is 47.9 Å². The summed E-state index contributed by atoms with van der Waals surface area (Å²) in [5.41, 5.74) is 0.791. The number of amides is 1. The van der Waals surface area contributed by atoms with Crippen molar-refractivity contribution in [2.24, 2.45) is 0 Å². The Morgan fingerprint density at radius 2 is 1.76 bits per heavy atom. The first-order valence-corrected chi connectivity index (χ1v) is 8.32. The van der Waals surface area contributed by atoms with Gasteiger partial charge in [-0.05, 0) is 57.0 Å². The molecule has 1 amide bonds. The highest BCUT2D eigenvalue weighted by atomic mass is 79.9. The summed E-state index contributed by atoms with van der Waals surface area (Å²) >= 11 is 3.43. The number of hydrogen-bond acceptors (Lipinski definition) is 2. The van der Waals surface area contributed by atoms with Crippen LogP contribution in [0.25, 0.3) is 0 Å². The van der Waals surface area contributed by atoms with Crippen LogP contribution < -0.4 is 0 Å². The SMILES string of the molecule is C.O=C(c1cccc(Br)c1)N1CCC(N2CCCC2)CC1. The van der Waals surface area contributed by atoms with Gasteiger partial charge in [0.15, 0.2) is 0 Å². The number of halogens is 1. The predicted molar refractivity (Wildman–Crippen MR) is 90.6 cm³/mol. The third-order valence-electron chi connectivity index (χ3n) is 4.48. The Morgan fingerprint density at radius 1 is 1.10 bits per heavy atom. The normalized spacial score (nSPS) is 20.3. The lowest BCUT2D eigenvalue weighted by Gasteiger charge is -2.36. The number of benzene rings is 1. The minimum Gasteiger partial charge on any atom is -0.339 e. The molecule has 0 aliphatic carbocycles. The summed E-state index contributed by atoms with van der Waals surface area (Å²) in [6.45, 7) is 4.30. The number of rotatable bonds is 2. The molecule has 3 rings (SSSR count). The van der Waals surface area contributed by atoms with Crippen LogP contribution in [0, 0.1) is 0 Å². The largest absolute Gasteiger partial charge is 0.339 e. The number of piperidine rings is 1. The average molecular weight is 353 g/mol. The first-order valence-electron chi connectivity index (χ1n) is 7.53. The van der Waals surface area contributed by atoms with Crippen LogP contribution in [0.15, 0.2) is 28.7 Å². The monoisotopic (exact) mass is 352 g/mol. The molecule has 116 valence electrons. The minimum atomic E-state index is 0. The van der Waals surface area contributed by atoms with E-state index in [-0.39, 0.29) is 13.3 Å². The summed E-state index contributed by atoms with van der Waals surface area (Å²) in [6.07, 6.45) is 4.94. The lowest BCUT2D eigenvalue weighted by molar-refractivity contribution is 0.0644. The van der Waals surface area contributed by atoms with E-state index in [9.17, 15) is 4.79 Å². The molecule has 2 heterocycles. The lowest BCUT2D eigenvalue weighted by Crippen LogP contribution is -2.45. The van der Waals surface area contributed by atoms with E-state index in [1.54, 1.807) is 0 Å². The van der Waals surface area contributed by atoms with Gasteiger partial charge in [0.1, 0.15) is 0 Å². The molecule has 0 unspecified atom stereocenters. The van der Waals surface area contributed by atoms with E-state index >= 15 is 0 Å². The molecule has 0 spiro atoms. The van der Waals surface area contributed by atoms with Crippen LogP contribution in [0.4, 0.5) is 0 Å². The van der Waals surface area contributed by atoms with Crippen LogP contribution in [0.1, 0.15) is 43.5 Å². The Kier molecular flexibility index (Phi) is 5.82. The van der Waals surface area contributed by atoms with E-state index in [1.165, 1.54) is 25.9 Å². The number of nitrogens with zero attached hydrogens (tertiary/aromatic N) is 2. The molecule has 0 atom stereocenters. The van der Waals surface area contributed by atoms with Crippen molar-refractivity contribution in [1.82, 2.24) is 9.80 Å². The Hall–Kier alpha value is -0.870.